The SMILES string of the molecule is COC(=O)c1cc(C(=O)OCC(=O)Nc2c(F)cc(F)cc2Br)cc([N+](=O)[O-])c1. The lowest BCUT2D eigenvalue weighted by atomic mass is 10.1. The maximum absolute atomic E-state index is 13.7. The minimum atomic E-state index is -1.15. The molecule has 0 bridgehead atoms. The molecular weight excluding hydrogens is 462 g/mol. The van der Waals surface area contributed by atoms with Gasteiger partial charge in [-0.3, -0.25) is 14.9 Å². The van der Waals surface area contributed by atoms with Crippen molar-refractivity contribution in [2.75, 3.05) is 19.0 Å². The third-order valence-corrected chi connectivity index (χ3v) is 4.02. The minimum Gasteiger partial charge on any atom is -0.465 e. The predicted molar refractivity (Wildman–Crippen MR) is 97.4 cm³/mol. The van der Waals surface area contributed by atoms with E-state index < -0.39 is 46.7 Å². The Kier molecular flexibility index (Phi) is 6.93. The third kappa shape index (κ3) is 5.54. The number of methoxy groups -OCH3 is 1. The van der Waals surface area contributed by atoms with Crippen molar-refractivity contribution < 1.29 is 37.6 Å². The Morgan fingerprint density at radius 3 is 2.28 bits per heavy atom. The van der Waals surface area contributed by atoms with Crippen LogP contribution in [0, 0.1) is 21.7 Å². The van der Waals surface area contributed by atoms with Gasteiger partial charge in [0.15, 0.2) is 12.4 Å². The number of non-ortho nitro benzene ring substituents is 1. The molecule has 0 aliphatic rings. The molecule has 29 heavy (non-hydrogen) atoms. The number of anilines is 1. The molecule has 1 amide bonds. The highest BCUT2D eigenvalue weighted by Gasteiger charge is 2.20. The summed E-state index contributed by atoms with van der Waals surface area (Å²) in [6.45, 7) is -0.877. The van der Waals surface area contributed by atoms with E-state index >= 15 is 0 Å². The van der Waals surface area contributed by atoms with Crippen LogP contribution in [0.15, 0.2) is 34.8 Å². The number of nitro groups is 1. The van der Waals surface area contributed by atoms with Crippen molar-refractivity contribution >= 4 is 45.2 Å². The van der Waals surface area contributed by atoms with Crippen LogP contribution in [-0.2, 0) is 14.3 Å². The number of rotatable bonds is 6. The number of nitro benzene ring substituents is 1. The van der Waals surface area contributed by atoms with Gasteiger partial charge in [0.2, 0.25) is 0 Å². The molecule has 0 spiro atoms. The zero-order valence-corrected chi connectivity index (χ0v) is 16.1. The van der Waals surface area contributed by atoms with Gasteiger partial charge in [0.25, 0.3) is 11.6 Å². The first-order valence-corrected chi connectivity index (χ1v) is 8.41. The number of hydrogen-bond acceptors (Lipinski definition) is 7. The lowest BCUT2D eigenvalue weighted by Gasteiger charge is -2.10. The topological polar surface area (TPSA) is 125 Å². The van der Waals surface area contributed by atoms with Gasteiger partial charge in [-0.25, -0.2) is 18.4 Å². The van der Waals surface area contributed by atoms with Gasteiger partial charge >= 0.3 is 11.9 Å². The molecule has 0 aliphatic heterocycles. The van der Waals surface area contributed by atoms with Gasteiger partial charge in [-0.1, -0.05) is 0 Å². The van der Waals surface area contributed by atoms with E-state index in [9.17, 15) is 33.3 Å². The zero-order valence-electron chi connectivity index (χ0n) is 14.5. The van der Waals surface area contributed by atoms with Crippen LogP contribution in [0.3, 0.4) is 0 Å². The summed E-state index contributed by atoms with van der Waals surface area (Å²) in [7, 11) is 1.05. The monoisotopic (exact) mass is 472 g/mol. The Labute approximate surface area is 169 Å². The average molecular weight is 473 g/mol. The van der Waals surface area contributed by atoms with Gasteiger partial charge in [0.1, 0.15) is 5.82 Å². The number of nitrogens with zero attached hydrogens (tertiary/aromatic N) is 1. The predicted octanol–water partition coefficient (Wildman–Crippen LogP) is 3.22. The van der Waals surface area contributed by atoms with E-state index in [0.29, 0.717) is 6.07 Å². The number of benzene rings is 2. The largest absolute Gasteiger partial charge is 0.465 e. The van der Waals surface area contributed by atoms with Crippen molar-refractivity contribution in [3.05, 3.63) is 67.7 Å². The van der Waals surface area contributed by atoms with Crippen LogP contribution >= 0.6 is 15.9 Å². The van der Waals surface area contributed by atoms with Crippen LogP contribution in [0.2, 0.25) is 0 Å². The van der Waals surface area contributed by atoms with Crippen molar-refractivity contribution in [2.24, 2.45) is 0 Å². The summed E-state index contributed by atoms with van der Waals surface area (Å²) >= 11 is 2.88. The molecule has 1 N–H and O–H groups in total. The van der Waals surface area contributed by atoms with Crippen molar-refractivity contribution in [3.63, 3.8) is 0 Å². The molecule has 2 rings (SSSR count). The first kappa shape index (κ1) is 21.9. The average Bonchev–Trinajstić information content (AvgIpc) is 2.67. The highest BCUT2D eigenvalue weighted by atomic mass is 79.9. The summed E-state index contributed by atoms with van der Waals surface area (Å²) < 4.78 is 35.9. The highest BCUT2D eigenvalue weighted by Crippen LogP contribution is 2.26. The van der Waals surface area contributed by atoms with E-state index in [1.165, 1.54) is 0 Å². The molecule has 12 heteroatoms. The maximum atomic E-state index is 13.7. The first-order valence-electron chi connectivity index (χ1n) is 7.61. The van der Waals surface area contributed by atoms with E-state index in [1.54, 1.807) is 0 Å². The fourth-order valence-electron chi connectivity index (χ4n) is 2.12. The van der Waals surface area contributed by atoms with Gasteiger partial charge in [0, 0.05) is 22.7 Å². The van der Waals surface area contributed by atoms with Gasteiger partial charge in [-0.15, -0.1) is 0 Å². The lowest BCUT2D eigenvalue weighted by molar-refractivity contribution is -0.384. The van der Waals surface area contributed by atoms with Crippen LogP contribution in [0.4, 0.5) is 20.2 Å². The fourth-order valence-corrected chi connectivity index (χ4v) is 2.63. The molecule has 2 aromatic rings. The summed E-state index contributed by atoms with van der Waals surface area (Å²) in [6, 6.07) is 4.22. The molecule has 0 aromatic heterocycles. The zero-order chi connectivity index (χ0) is 21.7. The van der Waals surface area contributed by atoms with Crippen molar-refractivity contribution in [3.8, 4) is 0 Å². The second-order valence-corrected chi connectivity index (χ2v) is 6.24. The molecule has 0 radical (unpaired) electrons. The summed E-state index contributed by atoms with van der Waals surface area (Å²) in [5, 5.41) is 13.1. The molecule has 0 aliphatic carbocycles. The third-order valence-electron chi connectivity index (χ3n) is 3.39. The lowest BCUT2D eigenvalue weighted by Crippen LogP contribution is -2.22. The smallest absolute Gasteiger partial charge is 0.338 e. The quantitative estimate of drug-likeness (QED) is 0.388. The summed E-state index contributed by atoms with van der Waals surface area (Å²) in [4.78, 5) is 45.7. The molecule has 2 aromatic carbocycles. The van der Waals surface area contributed by atoms with Crippen LogP contribution < -0.4 is 5.32 Å². The van der Waals surface area contributed by atoms with Crippen LogP contribution in [0.25, 0.3) is 0 Å². The first-order chi connectivity index (χ1) is 13.6. The summed E-state index contributed by atoms with van der Waals surface area (Å²) in [6.07, 6.45) is 0. The van der Waals surface area contributed by atoms with Crippen LogP contribution in [-0.4, -0.2) is 36.5 Å². The molecule has 0 unspecified atom stereocenters. The number of ether oxygens (including phenoxy) is 2. The van der Waals surface area contributed by atoms with Crippen LogP contribution in [0.1, 0.15) is 20.7 Å². The van der Waals surface area contributed by atoms with E-state index in [-0.39, 0.29) is 21.3 Å². The number of amides is 1. The summed E-state index contributed by atoms with van der Waals surface area (Å²) in [5.74, 6) is -4.95. The van der Waals surface area contributed by atoms with Gasteiger partial charge in [-0.05, 0) is 28.1 Å². The molecule has 0 fully saturated rings. The number of carbonyl (C=O) groups is 3. The maximum Gasteiger partial charge on any atom is 0.338 e. The number of hydrogen-bond donors (Lipinski definition) is 1. The normalized spacial score (nSPS) is 10.2. The molecular formula is C17H11BrF2N2O7. The van der Waals surface area contributed by atoms with E-state index in [1.807, 2.05) is 0 Å². The molecule has 0 saturated heterocycles. The van der Waals surface area contributed by atoms with Gasteiger partial charge in [-0.2, -0.15) is 0 Å². The number of nitrogens with one attached hydrogen (secondary N) is 1. The second-order valence-electron chi connectivity index (χ2n) is 5.39. The van der Waals surface area contributed by atoms with E-state index in [4.69, 9.17) is 4.74 Å². The van der Waals surface area contributed by atoms with E-state index in [2.05, 4.69) is 26.0 Å². The fraction of sp³-hybridized carbons (Fsp3) is 0.118. The van der Waals surface area contributed by atoms with Crippen LogP contribution in [0.5, 0.6) is 0 Å². The standard InChI is InChI=1S/C17H11BrF2N2O7/c1-28-16(24)8-2-9(4-11(3-8)22(26)27)17(25)29-7-14(23)21-15-12(18)5-10(19)6-13(15)20/h2-6H,7H2,1H3,(H,21,23). The number of carbonyl (C=O) groups excluding carboxylic acids is 3. The Balaban J connectivity index is 2.12. The number of halogens is 3. The number of esters is 2. The van der Waals surface area contributed by atoms with E-state index in [0.717, 1.165) is 31.4 Å². The van der Waals surface area contributed by atoms with Crippen molar-refractivity contribution in [1.82, 2.24) is 0 Å². The highest BCUT2D eigenvalue weighted by molar-refractivity contribution is 9.10. The van der Waals surface area contributed by atoms with Crippen molar-refractivity contribution in [2.45, 2.75) is 0 Å². The van der Waals surface area contributed by atoms with Gasteiger partial charge < -0.3 is 14.8 Å². The molecule has 0 heterocycles. The molecule has 152 valence electrons. The Morgan fingerprint density at radius 1 is 1.10 bits per heavy atom. The summed E-state index contributed by atoms with van der Waals surface area (Å²) in [5.41, 5.74) is -1.57. The molecule has 0 atom stereocenters. The Morgan fingerprint density at radius 2 is 1.72 bits per heavy atom. The minimum absolute atomic E-state index is 0.0731. The Bertz CT molecular complexity index is 990. The second kappa shape index (κ2) is 9.19. The van der Waals surface area contributed by atoms with Crippen molar-refractivity contribution in [1.29, 1.82) is 0 Å². The molecule has 0 saturated carbocycles. The van der Waals surface area contributed by atoms with Gasteiger partial charge in [0.05, 0.1) is 28.8 Å². The Hall–Kier alpha value is -3.41. The molecule has 9 nitrogen and oxygen atoms in total.